The lowest BCUT2D eigenvalue weighted by molar-refractivity contribution is -0.123. The molecule has 6 nitrogen and oxygen atoms in total. The van der Waals surface area contributed by atoms with E-state index in [0.29, 0.717) is 36.9 Å². The van der Waals surface area contributed by atoms with Crippen LogP contribution in [-0.4, -0.2) is 44.9 Å². The van der Waals surface area contributed by atoms with Crippen molar-refractivity contribution in [1.29, 1.82) is 0 Å². The van der Waals surface area contributed by atoms with Gasteiger partial charge in [0.25, 0.3) is 0 Å². The summed E-state index contributed by atoms with van der Waals surface area (Å²) in [5.41, 5.74) is 0.670. The van der Waals surface area contributed by atoms with Gasteiger partial charge in [-0.15, -0.1) is 12.4 Å². The van der Waals surface area contributed by atoms with E-state index in [1.54, 1.807) is 25.3 Å². The first kappa shape index (κ1) is 18.5. The average molecular weight is 331 g/mol. The highest BCUT2D eigenvalue weighted by molar-refractivity contribution is 5.95. The minimum atomic E-state index is -0.351. The Morgan fingerprint density at radius 2 is 2.23 bits per heavy atom. The predicted molar refractivity (Wildman–Crippen MR) is 87.2 cm³/mol. The van der Waals surface area contributed by atoms with Crippen molar-refractivity contribution in [3.05, 3.63) is 18.2 Å². The molecule has 1 aromatic rings. The molecule has 1 fully saturated rings. The van der Waals surface area contributed by atoms with Crippen LogP contribution in [0.15, 0.2) is 18.2 Å². The number of carbonyl (C=O) groups is 1. The standard InChI is InChI=1S/C15H22N2O4.ClH/c1-4-20-13-9-11(5-6-12(13)19-3)17-15(18)14-10(2)21-8-7-16-14;/h5-6,9-10,14,16H,4,7-8H2,1-3H3,(H,17,18);1H/t10-,14+;/m1./s1. The summed E-state index contributed by atoms with van der Waals surface area (Å²) >= 11 is 0. The average Bonchev–Trinajstić information content (AvgIpc) is 2.48. The molecule has 1 aliphatic rings. The van der Waals surface area contributed by atoms with Crippen molar-refractivity contribution in [2.45, 2.75) is 26.0 Å². The predicted octanol–water partition coefficient (Wildman–Crippen LogP) is 1.83. The second kappa shape index (κ2) is 8.82. The number of amides is 1. The molecule has 2 atom stereocenters. The van der Waals surface area contributed by atoms with E-state index in [4.69, 9.17) is 14.2 Å². The van der Waals surface area contributed by atoms with Gasteiger partial charge in [0.15, 0.2) is 11.5 Å². The fraction of sp³-hybridized carbons (Fsp3) is 0.533. The summed E-state index contributed by atoms with van der Waals surface area (Å²) in [6.07, 6.45) is -0.150. The normalized spacial score (nSPS) is 20.7. The van der Waals surface area contributed by atoms with Crippen LogP contribution in [0.2, 0.25) is 0 Å². The molecule has 1 aromatic carbocycles. The zero-order chi connectivity index (χ0) is 15.2. The van der Waals surface area contributed by atoms with Crippen molar-refractivity contribution in [2.75, 3.05) is 32.2 Å². The van der Waals surface area contributed by atoms with Crippen LogP contribution in [0.25, 0.3) is 0 Å². The quantitative estimate of drug-likeness (QED) is 0.862. The summed E-state index contributed by atoms with van der Waals surface area (Å²) < 4.78 is 16.2. The number of rotatable bonds is 5. The summed E-state index contributed by atoms with van der Waals surface area (Å²) in [4.78, 5) is 12.3. The molecule has 2 rings (SSSR count). The summed E-state index contributed by atoms with van der Waals surface area (Å²) in [5, 5.41) is 6.03. The highest BCUT2D eigenvalue weighted by Gasteiger charge is 2.28. The molecule has 22 heavy (non-hydrogen) atoms. The molecular weight excluding hydrogens is 308 g/mol. The molecule has 0 unspecified atom stereocenters. The molecule has 0 aliphatic carbocycles. The zero-order valence-corrected chi connectivity index (χ0v) is 13.9. The Hall–Kier alpha value is -1.50. The lowest BCUT2D eigenvalue weighted by atomic mass is 10.1. The molecule has 1 amide bonds. The fourth-order valence-corrected chi connectivity index (χ4v) is 2.27. The van der Waals surface area contributed by atoms with Crippen LogP contribution >= 0.6 is 12.4 Å². The number of morpholine rings is 1. The lowest BCUT2D eigenvalue weighted by Gasteiger charge is -2.29. The van der Waals surface area contributed by atoms with E-state index in [-0.39, 0.29) is 30.5 Å². The molecule has 0 spiro atoms. The monoisotopic (exact) mass is 330 g/mol. The fourth-order valence-electron chi connectivity index (χ4n) is 2.27. The summed E-state index contributed by atoms with van der Waals surface area (Å²) in [6, 6.07) is 4.97. The lowest BCUT2D eigenvalue weighted by Crippen LogP contribution is -2.53. The van der Waals surface area contributed by atoms with Crippen molar-refractivity contribution in [2.24, 2.45) is 0 Å². The first-order valence-corrected chi connectivity index (χ1v) is 7.12. The van der Waals surface area contributed by atoms with Crippen molar-refractivity contribution in [1.82, 2.24) is 5.32 Å². The van der Waals surface area contributed by atoms with Gasteiger partial charge in [-0.3, -0.25) is 4.79 Å². The number of carbonyl (C=O) groups excluding carboxylic acids is 1. The smallest absolute Gasteiger partial charge is 0.244 e. The third-order valence-corrected chi connectivity index (χ3v) is 3.33. The number of halogens is 1. The molecule has 0 bridgehead atoms. The minimum Gasteiger partial charge on any atom is -0.493 e. The van der Waals surface area contributed by atoms with Gasteiger partial charge in [0.05, 0.1) is 26.4 Å². The van der Waals surface area contributed by atoms with E-state index in [1.807, 2.05) is 13.8 Å². The van der Waals surface area contributed by atoms with Crippen LogP contribution in [0, 0.1) is 0 Å². The third-order valence-electron chi connectivity index (χ3n) is 3.33. The minimum absolute atomic E-state index is 0. The molecule has 2 N–H and O–H groups in total. The molecule has 1 aliphatic heterocycles. The maximum atomic E-state index is 12.3. The molecule has 0 radical (unpaired) electrons. The van der Waals surface area contributed by atoms with Crippen LogP contribution in [0.4, 0.5) is 5.69 Å². The van der Waals surface area contributed by atoms with E-state index >= 15 is 0 Å². The number of hydrogen-bond donors (Lipinski definition) is 2. The molecule has 7 heteroatoms. The van der Waals surface area contributed by atoms with Gasteiger partial charge in [0.2, 0.25) is 5.91 Å². The highest BCUT2D eigenvalue weighted by Crippen LogP contribution is 2.30. The van der Waals surface area contributed by atoms with Gasteiger partial charge in [-0.25, -0.2) is 0 Å². The van der Waals surface area contributed by atoms with Crippen molar-refractivity contribution < 1.29 is 19.0 Å². The number of nitrogens with one attached hydrogen (secondary N) is 2. The number of ether oxygens (including phenoxy) is 3. The first-order chi connectivity index (χ1) is 10.2. The summed E-state index contributed by atoms with van der Waals surface area (Å²) in [6.45, 7) is 5.62. The Bertz CT molecular complexity index is 498. The van der Waals surface area contributed by atoms with Crippen molar-refractivity contribution in [3.63, 3.8) is 0 Å². The zero-order valence-electron chi connectivity index (χ0n) is 13.0. The van der Waals surface area contributed by atoms with Crippen LogP contribution in [0.5, 0.6) is 11.5 Å². The Kier molecular flexibility index (Phi) is 7.44. The number of methoxy groups -OCH3 is 1. The Balaban J connectivity index is 0.00000242. The van der Waals surface area contributed by atoms with Crippen LogP contribution in [0.1, 0.15) is 13.8 Å². The van der Waals surface area contributed by atoms with E-state index in [9.17, 15) is 4.79 Å². The molecule has 124 valence electrons. The van der Waals surface area contributed by atoms with E-state index in [0.717, 1.165) is 0 Å². The largest absolute Gasteiger partial charge is 0.493 e. The SMILES string of the molecule is CCOc1cc(NC(=O)[C@H]2NCCO[C@@H]2C)ccc1OC.Cl. The highest BCUT2D eigenvalue weighted by atomic mass is 35.5. The van der Waals surface area contributed by atoms with Gasteiger partial charge in [-0.2, -0.15) is 0 Å². The summed E-state index contributed by atoms with van der Waals surface area (Å²) in [5.74, 6) is 1.14. The number of anilines is 1. The van der Waals surface area contributed by atoms with Gasteiger partial charge in [0, 0.05) is 18.3 Å². The topological polar surface area (TPSA) is 68.8 Å². The van der Waals surface area contributed by atoms with Crippen molar-refractivity contribution in [3.8, 4) is 11.5 Å². The maximum absolute atomic E-state index is 12.3. The van der Waals surface area contributed by atoms with Gasteiger partial charge in [0.1, 0.15) is 6.04 Å². The number of benzene rings is 1. The third kappa shape index (κ3) is 4.50. The Morgan fingerprint density at radius 1 is 1.45 bits per heavy atom. The Morgan fingerprint density at radius 3 is 2.86 bits per heavy atom. The van der Waals surface area contributed by atoms with Gasteiger partial charge >= 0.3 is 0 Å². The first-order valence-electron chi connectivity index (χ1n) is 7.12. The van der Waals surface area contributed by atoms with E-state index < -0.39 is 0 Å². The van der Waals surface area contributed by atoms with Crippen LogP contribution in [0.3, 0.4) is 0 Å². The second-order valence-corrected chi connectivity index (χ2v) is 4.80. The number of hydrogen-bond acceptors (Lipinski definition) is 5. The molecule has 0 saturated carbocycles. The van der Waals surface area contributed by atoms with Gasteiger partial charge in [-0.1, -0.05) is 0 Å². The molecular formula is C15H23ClN2O4. The summed E-state index contributed by atoms with van der Waals surface area (Å²) in [7, 11) is 1.58. The Labute approximate surface area is 136 Å². The van der Waals surface area contributed by atoms with Crippen molar-refractivity contribution >= 4 is 24.0 Å². The molecule has 1 saturated heterocycles. The van der Waals surface area contributed by atoms with Gasteiger partial charge in [-0.05, 0) is 26.0 Å². The molecule has 0 aromatic heterocycles. The van der Waals surface area contributed by atoms with E-state index in [2.05, 4.69) is 10.6 Å². The maximum Gasteiger partial charge on any atom is 0.244 e. The van der Waals surface area contributed by atoms with Crippen LogP contribution in [-0.2, 0) is 9.53 Å². The van der Waals surface area contributed by atoms with Gasteiger partial charge < -0.3 is 24.8 Å². The second-order valence-electron chi connectivity index (χ2n) is 4.80. The van der Waals surface area contributed by atoms with Crippen LogP contribution < -0.4 is 20.1 Å². The molecule has 1 heterocycles. The van der Waals surface area contributed by atoms with E-state index in [1.165, 1.54) is 0 Å².